The first-order chi connectivity index (χ1) is 11.1. The van der Waals surface area contributed by atoms with Gasteiger partial charge in [-0.2, -0.15) is 0 Å². The molecule has 1 aliphatic carbocycles. The van der Waals surface area contributed by atoms with E-state index in [1.54, 1.807) is 12.1 Å². The third-order valence-corrected chi connectivity index (χ3v) is 4.62. The molecule has 0 unspecified atom stereocenters. The van der Waals surface area contributed by atoms with Crippen molar-refractivity contribution in [2.24, 2.45) is 0 Å². The Kier molecular flexibility index (Phi) is 3.19. The molecule has 0 aromatic heterocycles. The minimum atomic E-state index is -0.207. The van der Waals surface area contributed by atoms with E-state index in [4.69, 9.17) is 0 Å². The van der Waals surface area contributed by atoms with Crippen molar-refractivity contribution >= 4 is 11.4 Å². The number of benzene rings is 3. The van der Waals surface area contributed by atoms with Crippen molar-refractivity contribution in [2.75, 3.05) is 11.9 Å². The van der Waals surface area contributed by atoms with Crippen molar-refractivity contribution in [3.63, 3.8) is 0 Å². The summed E-state index contributed by atoms with van der Waals surface area (Å²) in [7, 11) is 2.02. The lowest BCUT2D eigenvalue weighted by molar-refractivity contribution is 0.628. The van der Waals surface area contributed by atoms with Gasteiger partial charge in [0.25, 0.3) is 0 Å². The summed E-state index contributed by atoms with van der Waals surface area (Å²) in [5.41, 5.74) is 8.86. The quantitative estimate of drug-likeness (QED) is 0.474. The molecule has 3 aromatic rings. The van der Waals surface area contributed by atoms with Crippen LogP contribution in [0.5, 0.6) is 0 Å². The van der Waals surface area contributed by atoms with Crippen molar-refractivity contribution in [3.8, 4) is 11.1 Å². The second-order valence-corrected chi connectivity index (χ2v) is 6.21. The zero-order valence-electron chi connectivity index (χ0n) is 13.3. The molecule has 23 heavy (non-hydrogen) atoms. The van der Waals surface area contributed by atoms with Gasteiger partial charge in [-0.1, -0.05) is 29.8 Å². The number of nitrogens with zero attached hydrogens (tertiary/aromatic N) is 1. The van der Waals surface area contributed by atoms with Crippen molar-refractivity contribution in [1.29, 1.82) is 0 Å². The molecule has 0 radical (unpaired) electrons. The van der Waals surface area contributed by atoms with Gasteiger partial charge in [-0.15, -0.1) is 0 Å². The van der Waals surface area contributed by atoms with Crippen LogP contribution in [-0.4, -0.2) is 7.05 Å². The standard InChI is InChI=1S/C21H18FN/c1-14-3-9-20-15(11-14)12-16-13-19(8-10-21(16)20)23(2)18-6-4-17(22)5-7-18/h3-11,13H,12H2,1-2H3. The summed E-state index contributed by atoms with van der Waals surface area (Å²) in [6, 6.07) is 19.9. The highest BCUT2D eigenvalue weighted by Gasteiger charge is 2.19. The van der Waals surface area contributed by atoms with Crippen molar-refractivity contribution in [3.05, 3.63) is 83.2 Å². The topological polar surface area (TPSA) is 3.24 Å². The van der Waals surface area contributed by atoms with E-state index in [9.17, 15) is 4.39 Å². The molecule has 0 spiro atoms. The van der Waals surface area contributed by atoms with Gasteiger partial charge in [0, 0.05) is 18.4 Å². The summed E-state index contributed by atoms with van der Waals surface area (Å²) in [5, 5.41) is 0. The molecule has 1 nitrogen and oxygen atoms in total. The molecular weight excluding hydrogens is 285 g/mol. The first kappa shape index (κ1) is 14.0. The first-order valence-corrected chi connectivity index (χ1v) is 7.84. The summed E-state index contributed by atoms with van der Waals surface area (Å²) in [4.78, 5) is 2.09. The molecule has 114 valence electrons. The molecule has 2 heteroatoms. The fourth-order valence-electron chi connectivity index (χ4n) is 3.35. The number of halogens is 1. The monoisotopic (exact) mass is 303 g/mol. The van der Waals surface area contributed by atoms with Gasteiger partial charge in [0.05, 0.1) is 0 Å². The smallest absolute Gasteiger partial charge is 0.123 e. The van der Waals surface area contributed by atoms with E-state index in [1.807, 2.05) is 7.05 Å². The second-order valence-electron chi connectivity index (χ2n) is 6.21. The number of aryl methyl sites for hydroxylation is 1. The molecule has 0 aliphatic heterocycles. The number of anilines is 2. The van der Waals surface area contributed by atoms with Crippen LogP contribution < -0.4 is 4.90 Å². The van der Waals surface area contributed by atoms with Gasteiger partial charge < -0.3 is 4.90 Å². The maximum atomic E-state index is 13.1. The Morgan fingerprint density at radius 3 is 2.13 bits per heavy atom. The Hall–Kier alpha value is -2.61. The molecule has 0 atom stereocenters. The predicted octanol–water partition coefficient (Wildman–Crippen LogP) is 5.47. The lowest BCUT2D eigenvalue weighted by Crippen LogP contribution is -2.09. The van der Waals surface area contributed by atoms with Crippen molar-refractivity contribution in [1.82, 2.24) is 0 Å². The molecule has 0 fully saturated rings. The highest BCUT2D eigenvalue weighted by Crippen LogP contribution is 2.39. The number of hydrogen-bond acceptors (Lipinski definition) is 1. The van der Waals surface area contributed by atoms with Gasteiger partial charge in [0.1, 0.15) is 5.82 Å². The van der Waals surface area contributed by atoms with E-state index in [1.165, 1.54) is 39.9 Å². The second kappa shape index (κ2) is 5.24. The summed E-state index contributed by atoms with van der Waals surface area (Å²) in [6.45, 7) is 2.14. The van der Waals surface area contributed by atoms with Crippen LogP contribution in [0, 0.1) is 12.7 Å². The van der Waals surface area contributed by atoms with Crippen molar-refractivity contribution in [2.45, 2.75) is 13.3 Å². The minimum absolute atomic E-state index is 0.207. The van der Waals surface area contributed by atoms with Crippen LogP contribution in [0.4, 0.5) is 15.8 Å². The van der Waals surface area contributed by atoms with E-state index in [0.717, 1.165) is 17.8 Å². The van der Waals surface area contributed by atoms with Gasteiger partial charge in [0.15, 0.2) is 0 Å². The fraction of sp³-hybridized carbons (Fsp3) is 0.143. The molecule has 0 saturated heterocycles. The van der Waals surface area contributed by atoms with Crippen LogP contribution in [0.2, 0.25) is 0 Å². The molecule has 0 heterocycles. The lowest BCUT2D eigenvalue weighted by atomic mass is 10.0. The Labute approximate surface area is 136 Å². The third-order valence-electron chi connectivity index (χ3n) is 4.62. The Balaban J connectivity index is 1.70. The lowest BCUT2D eigenvalue weighted by Gasteiger charge is -2.20. The summed E-state index contributed by atoms with van der Waals surface area (Å²) in [6.07, 6.45) is 0.984. The number of rotatable bonds is 2. The summed E-state index contributed by atoms with van der Waals surface area (Å²) < 4.78 is 13.1. The molecule has 3 aromatic carbocycles. The van der Waals surface area contributed by atoms with E-state index in [0.29, 0.717) is 0 Å². The van der Waals surface area contributed by atoms with Crippen LogP contribution in [0.3, 0.4) is 0 Å². The van der Waals surface area contributed by atoms with Crippen LogP contribution >= 0.6 is 0 Å². The van der Waals surface area contributed by atoms with E-state index >= 15 is 0 Å². The maximum Gasteiger partial charge on any atom is 0.123 e. The molecular formula is C21H18FN. The highest BCUT2D eigenvalue weighted by molar-refractivity contribution is 5.80. The van der Waals surface area contributed by atoms with Gasteiger partial charge in [0.2, 0.25) is 0 Å². The molecule has 0 bridgehead atoms. The normalized spacial score (nSPS) is 12.0. The van der Waals surface area contributed by atoms with Gasteiger partial charge in [-0.3, -0.25) is 0 Å². The van der Waals surface area contributed by atoms with Crippen LogP contribution in [-0.2, 0) is 6.42 Å². The maximum absolute atomic E-state index is 13.1. The van der Waals surface area contributed by atoms with Crippen LogP contribution in [0.25, 0.3) is 11.1 Å². The van der Waals surface area contributed by atoms with E-state index < -0.39 is 0 Å². The first-order valence-electron chi connectivity index (χ1n) is 7.84. The SMILES string of the molecule is Cc1ccc2c(c1)Cc1cc(N(C)c3ccc(F)cc3)ccc1-2. The highest BCUT2D eigenvalue weighted by atomic mass is 19.1. The van der Waals surface area contributed by atoms with Crippen LogP contribution in [0.15, 0.2) is 60.7 Å². The van der Waals surface area contributed by atoms with E-state index in [2.05, 4.69) is 48.2 Å². The zero-order valence-corrected chi connectivity index (χ0v) is 13.3. The molecule has 4 rings (SSSR count). The van der Waals surface area contributed by atoms with Gasteiger partial charge in [-0.05, 0) is 72.0 Å². The number of fused-ring (bicyclic) bond motifs is 3. The Bertz CT molecular complexity index is 881. The van der Waals surface area contributed by atoms with E-state index in [-0.39, 0.29) is 5.82 Å². The average molecular weight is 303 g/mol. The van der Waals surface area contributed by atoms with Gasteiger partial charge in [-0.25, -0.2) is 4.39 Å². The zero-order chi connectivity index (χ0) is 16.0. The molecule has 0 N–H and O–H groups in total. The molecule has 0 saturated carbocycles. The number of hydrogen-bond donors (Lipinski definition) is 0. The largest absolute Gasteiger partial charge is 0.345 e. The molecule has 0 amide bonds. The van der Waals surface area contributed by atoms with Crippen LogP contribution in [0.1, 0.15) is 16.7 Å². The minimum Gasteiger partial charge on any atom is -0.345 e. The average Bonchev–Trinajstić information content (AvgIpc) is 2.91. The fourth-order valence-corrected chi connectivity index (χ4v) is 3.35. The summed E-state index contributed by atoms with van der Waals surface area (Å²) >= 11 is 0. The third kappa shape index (κ3) is 2.40. The Morgan fingerprint density at radius 2 is 1.39 bits per heavy atom. The predicted molar refractivity (Wildman–Crippen MR) is 93.9 cm³/mol. The van der Waals surface area contributed by atoms with Gasteiger partial charge >= 0.3 is 0 Å². The summed E-state index contributed by atoms with van der Waals surface area (Å²) in [5.74, 6) is -0.207. The Morgan fingerprint density at radius 1 is 0.783 bits per heavy atom. The van der Waals surface area contributed by atoms with Crippen molar-refractivity contribution < 1.29 is 4.39 Å². The molecule has 1 aliphatic rings.